The van der Waals surface area contributed by atoms with Crippen molar-refractivity contribution in [2.24, 2.45) is 5.92 Å². The van der Waals surface area contributed by atoms with Crippen LogP contribution in [0, 0.1) is 12.8 Å². The molecule has 236 valence electrons. The van der Waals surface area contributed by atoms with Gasteiger partial charge in [-0.05, 0) is 66.9 Å². The van der Waals surface area contributed by atoms with Crippen LogP contribution in [0.1, 0.15) is 56.1 Å². The van der Waals surface area contributed by atoms with E-state index in [1.807, 2.05) is 45.0 Å². The first-order valence-electron chi connectivity index (χ1n) is 15.1. The largest absolute Gasteiger partial charge is 0.412 e. The Balaban J connectivity index is 1.64. The van der Waals surface area contributed by atoms with E-state index in [0.717, 1.165) is 11.1 Å². The molecule has 0 radical (unpaired) electrons. The number of hydrogen-bond acceptors (Lipinski definition) is 5. The fourth-order valence-electron chi connectivity index (χ4n) is 5.05. The molecule has 0 saturated carbocycles. The molecule has 8 nitrogen and oxygen atoms in total. The molecule has 10 heteroatoms. The smallest absolute Gasteiger partial charge is 0.264 e. The van der Waals surface area contributed by atoms with Gasteiger partial charge in [0.15, 0.2) is 8.32 Å². The topological polar surface area (TPSA) is 96.0 Å². The Hall–Kier alpha value is -3.47. The quantitative estimate of drug-likeness (QED) is 0.260. The van der Waals surface area contributed by atoms with Gasteiger partial charge < -0.3 is 14.6 Å². The van der Waals surface area contributed by atoms with Crippen molar-refractivity contribution in [1.82, 2.24) is 4.90 Å². The summed E-state index contributed by atoms with van der Waals surface area (Å²) in [6.07, 6.45) is 0. The molecule has 1 N–H and O–H groups in total. The highest BCUT2D eigenvalue weighted by Gasteiger charge is 2.40. The molecule has 0 bridgehead atoms. The maximum atomic E-state index is 14.1. The van der Waals surface area contributed by atoms with Crippen molar-refractivity contribution in [2.45, 2.75) is 77.2 Å². The van der Waals surface area contributed by atoms with Gasteiger partial charge in [0.25, 0.3) is 15.9 Å². The Morgan fingerprint density at radius 2 is 1.57 bits per heavy atom. The second-order valence-corrected chi connectivity index (χ2v) is 20.0. The van der Waals surface area contributed by atoms with Crippen molar-refractivity contribution in [1.29, 1.82) is 0 Å². The van der Waals surface area contributed by atoms with E-state index in [9.17, 15) is 18.0 Å². The molecule has 3 aromatic carbocycles. The summed E-state index contributed by atoms with van der Waals surface area (Å²) in [5, 5.41) is 3.11. The third kappa shape index (κ3) is 6.92. The van der Waals surface area contributed by atoms with Crippen LogP contribution in [0.3, 0.4) is 0 Å². The highest BCUT2D eigenvalue weighted by Crippen LogP contribution is 2.38. The molecule has 2 amide bonds. The molecule has 44 heavy (non-hydrogen) atoms. The number of para-hydroxylation sites is 2. The van der Waals surface area contributed by atoms with Crippen molar-refractivity contribution >= 4 is 41.5 Å². The highest BCUT2D eigenvalue weighted by atomic mass is 32.2. The number of sulfonamides is 1. The van der Waals surface area contributed by atoms with Gasteiger partial charge in [0, 0.05) is 12.2 Å². The van der Waals surface area contributed by atoms with Crippen LogP contribution in [0.5, 0.6) is 0 Å². The normalized spacial score (nSPS) is 15.2. The molecule has 1 atom stereocenters. The van der Waals surface area contributed by atoms with E-state index in [-0.39, 0.29) is 46.3 Å². The summed E-state index contributed by atoms with van der Waals surface area (Å²) in [4.78, 5) is 29.7. The number of benzene rings is 3. The monoisotopic (exact) mass is 635 g/mol. The number of rotatable bonds is 9. The maximum absolute atomic E-state index is 14.1. The Morgan fingerprint density at radius 1 is 0.955 bits per heavy atom. The van der Waals surface area contributed by atoms with E-state index in [2.05, 4.69) is 39.2 Å². The van der Waals surface area contributed by atoms with Gasteiger partial charge in [-0.25, -0.2) is 8.42 Å². The maximum Gasteiger partial charge on any atom is 0.264 e. The number of anilines is 2. The fraction of sp³-hybridized carbons (Fsp3) is 0.412. The molecule has 0 aromatic heterocycles. The van der Waals surface area contributed by atoms with Crippen LogP contribution in [-0.4, -0.2) is 52.6 Å². The summed E-state index contributed by atoms with van der Waals surface area (Å²) in [6, 6.07) is 20.1. The fourth-order valence-corrected chi connectivity index (χ4v) is 7.48. The molecule has 0 fully saturated rings. The molecule has 0 spiro atoms. The molecule has 1 unspecified atom stereocenters. The number of carbonyl (C=O) groups excluding carboxylic acids is 2. The molecule has 1 aliphatic rings. The predicted molar refractivity (Wildman–Crippen MR) is 179 cm³/mol. The highest BCUT2D eigenvalue weighted by molar-refractivity contribution is 7.92. The molecular weight excluding hydrogens is 591 g/mol. The Kier molecular flexibility index (Phi) is 9.77. The van der Waals surface area contributed by atoms with Gasteiger partial charge in [-0.15, -0.1) is 0 Å². The SMILES string of the molecule is Cc1ccc(S(=O)(=O)N2CCN(C(C(=O)Nc3ccccc3CO[Si](C)(C)C(C)(C)C)C(C)C)C(=O)c3ccccc32)cc1. The van der Waals surface area contributed by atoms with E-state index >= 15 is 0 Å². The number of hydrogen-bond donors (Lipinski definition) is 1. The van der Waals surface area contributed by atoms with Crippen LogP contribution in [0.25, 0.3) is 0 Å². The van der Waals surface area contributed by atoms with Crippen LogP contribution in [0.4, 0.5) is 11.4 Å². The van der Waals surface area contributed by atoms with E-state index < -0.39 is 24.4 Å². The van der Waals surface area contributed by atoms with Gasteiger partial charge >= 0.3 is 0 Å². The number of fused-ring (bicyclic) bond motifs is 1. The molecule has 0 saturated heterocycles. The molecule has 0 aliphatic carbocycles. The first-order chi connectivity index (χ1) is 20.5. The van der Waals surface area contributed by atoms with Gasteiger partial charge in [-0.2, -0.15) is 0 Å². The first-order valence-corrected chi connectivity index (χ1v) is 19.4. The Morgan fingerprint density at radius 3 is 2.20 bits per heavy atom. The Labute approximate surface area is 263 Å². The lowest BCUT2D eigenvalue weighted by Gasteiger charge is -2.36. The third-order valence-electron chi connectivity index (χ3n) is 8.72. The summed E-state index contributed by atoms with van der Waals surface area (Å²) >= 11 is 0. The minimum absolute atomic E-state index is 0.00635. The molecule has 1 heterocycles. The number of nitrogens with zero attached hydrogens (tertiary/aromatic N) is 2. The summed E-state index contributed by atoms with van der Waals surface area (Å²) < 4.78 is 35.4. The predicted octanol–water partition coefficient (Wildman–Crippen LogP) is 6.83. The van der Waals surface area contributed by atoms with Gasteiger partial charge in [-0.3, -0.25) is 13.9 Å². The van der Waals surface area contributed by atoms with Crippen molar-refractivity contribution < 1.29 is 22.4 Å². The van der Waals surface area contributed by atoms with E-state index in [0.29, 0.717) is 18.0 Å². The van der Waals surface area contributed by atoms with Crippen LogP contribution < -0.4 is 9.62 Å². The average molecular weight is 636 g/mol. The van der Waals surface area contributed by atoms with Crippen molar-refractivity contribution in [3.8, 4) is 0 Å². The van der Waals surface area contributed by atoms with Crippen LogP contribution in [0.15, 0.2) is 77.7 Å². The molecule has 1 aliphatic heterocycles. The minimum Gasteiger partial charge on any atom is -0.412 e. The van der Waals surface area contributed by atoms with Crippen LogP contribution in [0.2, 0.25) is 18.1 Å². The molecule has 4 rings (SSSR count). The van der Waals surface area contributed by atoms with Crippen molar-refractivity contribution in [3.05, 3.63) is 89.5 Å². The second-order valence-electron chi connectivity index (χ2n) is 13.3. The third-order valence-corrected chi connectivity index (χ3v) is 15.0. The van der Waals surface area contributed by atoms with Gasteiger partial charge in [0.2, 0.25) is 5.91 Å². The minimum atomic E-state index is -3.97. The zero-order valence-corrected chi connectivity index (χ0v) is 28.9. The standard InChI is InChI=1S/C34H45N3O5SSi/c1-24(2)31(32(38)35-29-15-11-9-13-26(29)23-42-44(7,8)34(4,5)6)36-21-22-37(30-16-12-10-14-28(30)33(36)39)43(40,41)27-19-17-25(3)18-20-27/h9-20,24,31H,21-23H2,1-8H3,(H,35,38). The Bertz CT molecular complexity index is 1610. The van der Waals surface area contributed by atoms with E-state index in [1.54, 1.807) is 48.5 Å². The van der Waals surface area contributed by atoms with Crippen LogP contribution in [-0.2, 0) is 25.9 Å². The van der Waals surface area contributed by atoms with E-state index in [4.69, 9.17) is 4.43 Å². The summed E-state index contributed by atoms with van der Waals surface area (Å²) in [7, 11) is -6.00. The van der Waals surface area contributed by atoms with Crippen molar-refractivity contribution in [2.75, 3.05) is 22.7 Å². The van der Waals surface area contributed by atoms with Crippen molar-refractivity contribution in [3.63, 3.8) is 0 Å². The zero-order chi connectivity index (χ0) is 32.4. The number of carbonyl (C=O) groups is 2. The number of nitrogens with one attached hydrogen (secondary N) is 1. The lowest BCUT2D eigenvalue weighted by molar-refractivity contribution is -0.121. The lowest BCUT2D eigenvalue weighted by atomic mass is 9.99. The molecule has 3 aromatic rings. The second kappa shape index (κ2) is 12.9. The van der Waals surface area contributed by atoms with E-state index in [1.165, 1.54) is 9.21 Å². The van der Waals surface area contributed by atoms with Crippen LogP contribution >= 0.6 is 0 Å². The lowest BCUT2D eigenvalue weighted by Crippen LogP contribution is -2.51. The zero-order valence-electron chi connectivity index (χ0n) is 27.0. The average Bonchev–Trinajstić information content (AvgIpc) is 3.09. The van der Waals surface area contributed by atoms with Gasteiger partial charge in [-0.1, -0.05) is 82.6 Å². The van der Waals surface area contributed by atoms with Gasteiger partial charge in [0.1, 0.15) is 6.04 Å². The first kappa shape index (κ1) is 33.4. The van der Waals surface area contributed by atoms with Gasteiger partial charge in [0.05, 0.1) is 29.3 Å². The number of aryl methyl sites for hydroxylation is 1. The summed E-state index contributed by atoms with van der Waals surface area (Å²) in [5.41, 5.74) is 2.98. The summed E-state index contributed by atoms with van der Waals surface area (Å²) in [5.74, 6) is -0.965. The summed E-state index contributed by atoms with van der Waals surface area (Å²) in [6.45, 7) is 17.0. The molecular formula is C34H45N3O5SSi. The number of amides is 2.